The molecule has 0 fully saturated rings. The monoisotopic (exact) mass is 259 g/mol. The molecule has 1 N–H and O–H groups in total. The molecule has 1 aromatic carbocycles. The predicted molar refractivity (Wildman–Crippen MR) is 69.2 cm³/mol. The van der Waals surface area contributed by atoms with Gasteiger partial charge in [-0.05, 0) is 20.0 Å². The number of nitrogens with one attached hydrogen (secondary N) is 1. The highest BCUT2D eigenvalue weighted by atomic mass is 35.5. The predicted octanol–water partition coefficient (Wildman–Crippen LogP) is 3.66. The number of benzene rings is 1. The molecule has 1 unspecified atom stereocenters. The van der Waals surface area contributed by atoms with Crippen molar-refractivity contribution in [3.05, 3.63) is 40.4 Å². The van der Waals surface area contributed by atoms with Crippen molar-refractivity contribution in [2.24, 2.45) is 0 Å². The molecule has 0 amide bonds. The van der Waals surface area contributed by atoms with E-state index in [2.05, 4.69) is 12.2 Å². The molecule has 1 aromatic rings. The van der Waals surface area contributed by atoms with Gasteiger partial charge in [0.25, 0.3) is 0 Å². The Kier molecular flexibility index (Phi) is 5.67. The van der Waals surface area contributed by atoms with E-state index in [-0.39, 0.29) is 6.04 Å². The van der Waals surface area contributed by atoms with E-state index in [1.54, 1.807) is 0 Å². The number of hydrogen-bond donors (Lipinski definition) is 1. The smallest absolute Gasteiger partial charge is 0.125 e. The van der Waals surface area contributed by atoms with Crippen molar-refractivity contribution < 1.29 is 4.74 Å². The zero-order chi connectivity index (χ0) is 12.0. The molecule has 0 spiro atoms. The molecule has 0 radical (unpaired) electrons. The lowest BCUT2D eigenvalue weighted by molar-refractivity contribution is 0.351. The Hall–Kier alpha value is -0.700. The van der Waals surface area contributed by atoms with Crippen LogP contribution in [0.5, 0.6) is 5.75 Å². The summed E-state index contributed by atoms with van der Waals surface area (Å²) in [5.41, 5.74) is 2.41. The fraction of sp³-hybridized carbons (Fsp3) is 0.333. The second-order valence-corrected chi connectivity index (χ2v) is 4.10. The van der Waals surface area contributed by atoms with Crippen molar-refractivity contribution in [1.82, 2.24) is 5.32 Å². The SMILES string of the molecule is CNC(C)c1ccccc1OCC(Cl)=CCl. The first-order valence-electron chi connectivity index (χ1n) is 5.02. The summed E-state index contributed by atoms with van der Waals surface area (Å²) in [6.07, 6.45) is 0. The molecular weight excluding hydrogens is 245 g/mol. The van der Waals surface area contributed by atoms with Crippen LogP contribution in [0.25, 0.3) is 0 Å². The number of ether oxygens (including phenoxy) is 1. The largest absolute Gasteiger partial charge is 0.488 e. The molecular formula is C12H15Cl2NO. The van der Waals surface area contributed by atoms with Gasteiger partial charge in [0.2, 0.25) is 0 Å². The third-order valence-electron chi connectivity index (χ3n) is 2.30. The molecule has 0 saturated heterocycles. The van der Waals surface area contributed by atoms with Gasteiger partial charge in [-0.15, -0.1) is 0 Å². The number of rotatable bonds is 5. The topological polar surface area (TPSA) is 21.3 Å². The maximum Gasteiger partial charge on any atom is 0.125 e. The first kappa shape index (κ1) is 13.4. The van der Waals surface area contributed by atoms with Gasteiger partial charge in [-0.3, -0.25) is 0 Å². The molecule has 0 bridgehead atoms. The Morgan fingerprint density at radius 1 is 1.50 bits per heavy atom. The van der Waals surface area contributed by atoms with Gasteiger partial charge in [-0.2, -0.15) is 0 Å². The highest BCUT2D eigenvalue weighted by molar-refractivity contribution is 6.36. The van der Waals surface area contributed by atoms with Crippen LogP contribution >= 0.6 is 23.2 Å². The van der Waals surface area contributed by atoms with Gasteiger partial charge in [0, 0.05) is 17.1 Å². The number of para-hydroxylation sites is 1. The van der Waals surface area contributed by atoms with Crippen molar-refractivity contribution in [1.29, 1.82) is 0 Å². The minimum absolute atomic E-state index is 0.231. The van der Waals surface area contributed by atoms with E-state index in [0.717, 1.165) is 11.3 Å². The molecule has 1 atom stereocenters. The van der Waals surface area contributed by atoms with Crippen LogP contribution < -0.4 is 10.1 Å². The standard InChI is InChI=1S/C12H15Cl2NO/c1-9(15-2)11-5-3-4-6-12(11)16-8-10(14)7-13/h3-7,9,15H,8H2,1-2H3. The van der Waals surface area contributed by atoms with Gasteiger partial charge in [0.15, 0.2) is 0 Å². The first-order chi connectivity index (χ1) is 7.69. The molecule has 0 aliphatic carbocycles. The quantitative estimate of drug-likeness (QED) is 0.872. The van der Waals surface area contributed by atoms with E-state index in [1.807, 2.05) is 31.3 Å². The number of hydrogen-bond acceptors (Lipinski definition) is 2. The summed E-state index contributed by atoms with van der Waals surface area (Å²) in [6, 6.07) is 8.08. The van der Waals surface area contributed by atoms with E-state index < -0.39 is 0 Å². The van der Waals surface area contributed by atoms with Gasteiger partial charge in [0.1, 0.15) is 12.4 Å². The Morgan fingerprint density at radius 3 is 2.81 bits per heavy atom. The van der Waals surface area contributed by atoms with Crippen LogP contribution in [-0.4, -0.2) is 13.7 Å². The lowest BCUT2D eigenvalue weighted by atomic mass is 10.1. The summed E-state index contributed by atoms with van der Waals surface area (Å²) in [5.74, 6) is 0.820. The highest BCUT2D eigenvalue weighted by Crippen LogP contribution is 2.25. The minimum Gasteiger partial charge on any atom is -0.488 e. The lowest BCUT2D eigenvalue weighted by Gasteiger charge is -2.16. The van der Waals surface area contributed by atoms with Crippen LogP contribution in [0, 0.1) is 0 Å². The fourth-order valence-electron chi connectivity index (χ4n) is 1.30. The van der Waals surface area contributed by atoms with Crippen LogP contribution in [0.15, 0.2) is 34.8 Å². The molecule has 88 valence electrons. The second kappa shape index (κ2) is 6.79. The molecule has 1 rings (SSSR count). The van der Waals surface area contributed by atoms with Gasteiger partial charge >= 0.3 is 0 Å². The zero-order valence-corrected chi connectivity index (χ0v) is 10.8. The van der Waals surface area contributed by atoms with Crippen molar-refractivity contribution in [3.63, 3.8) is 0 Å². The van der Waals surface area contributed by atoms with E-state index in [9.17, 15) is 0 Å². The van der Waals surface area contributed by atoms with Gasteiger partial charge in [-0.25, -0.2) is 0 Å². The zero-order valence-electron chi connectivity index (χ0n) is 9.34. The molecule has 0 saturated carbocycles. The van der Waals surface area contributed by atoms with Crippen LogP contribution in [-0.2, 0) is 0 Å². The fourth-order valence-corrected chi connectivity index (χ4v) is 1.42. The lowest BCUT2D eigenvalue weighted by Crippen LogP contribution is -2.14. The molecule has 0 aliphatic heterocycles. The molecule has 0 aliphatic rings. The molecule has 0 aromatic heterocycles. The third kappa shape index (κ3) is 3.71. The Bertz CT molecular complexity index is 366. The van der Waals surface area contributed by atoms with Gasteiger partial charge < -0.3 is 10.1 Å². The van der Waals surface area contributed by atoms with Crippen LogP contribution in [0.1, 0.15) is 18.5 Å². The average molecular weight is 260 g/mol. The van der Waals surface area contributed by atoms with Crippen molar-refractivity contribution >= 4 is 23.2 Å². The van der Waals surface area contributed by atoms with E-state index >= 15 is 0 Å². The van der Waals surface area contributed by atoms with Crippen molar-refractivity contribution in [2.75, 3.05) is 13.7 Å². The summed E-state index contributed by atoms with van der Waals surface area (Å²) in [5, 5.41) is 3.65. The Labute approximate surface area is 106 Å². The molecule has 2 nitrogen and oxygen atoms in total. The Balaban J connectivity index is 2.79. The maximum absolute atomic E-state index is 5.77. The van der Waals surface area contributed by atoms with Crippen LogP contribution in [0.2, 0.25) is 0 Å². The number of halogens is 2. The third-order valence-corrected chi connectivity index (χ3v) is 2.90. The highest BCUT2D eigenvalue weighted by Gasteiger charge is 2.09. The van der Waals surface area contributed by atoms with E-state index in [1.165, 1.54) is 5.54 Å². The van der Waals surface area contributed by atoms with Crippen molar-refractivity contribution in [3.8, 4) is 5.75 Å². The Morgan fingerprint density at radius 2 is 2.19 bits per heavy atom. The summed E-state index contributed by atoms with van der Waals surface area (Å²) < 4.78 is 5.59. The summed E-state index contributed by atoms with van der Waals surface area (Å²) >= 11 is 11.2. The van der Waals surface area contributed by atoms with Crippen LogP contribution in [0.3, 0.4) is 0 Å². The van der Waals surface area contributed by atoms with E-state index in [4.69, 9.17) is 27.9 Å². The minimum atomic E-state index is 0.231. The summed E-state index contributed by atoms with van der Waals surface area (Å²) in [4.78, 5) is 0. The second-order valence-electron chi connectivity index (χ2n) is 3.39. The molecule has 0 heterocycles. The first-order valence-corrected chi connectivity index (χ1v) is 5.84. The van der Waals surface area contributed by atoms with Crippen molar-refractivity contribution in [2.45, 2.75) is 13.0 Å². The molecule has 16 heavy (non-hydrogen) atoms. The summed E-state index contributed by atoms with van der Waals surface area (Å²) in [7, 11) is 1.91. The normalized spacial score (nSPS) is 13.6. The average Bonchev–Trinajstić information content (AvgIpc) is 2.35. The maximum atomic E-state index is 5.77. The van der Waals surface area contributed by atoms with Gasteiger partial charge in [0.05, 0.1) is 5.03 Å². The summed E-state index contributed by atoms with van der Waals surface area (Å²) in [6.45, 7) is 2.36. The van der Waals surface area contributed by atoms with Crippen LogP contribution in [0.4, 0.5) is 0 Å². The molecule has 4 heteroatoms. The van der Waals surface area contributed by atoms with Gasteiger partial charge in [-0.1, -0.05) is 41.4 Å². The van der Waals surface area contributed by atoms with E-state index in [0.29, 0.717) is 11.6 Å².